The first-order chi connectivity index (χ1) is 9.38. The molecular weight excluding hydrogens is 288 g/mol. The molecule has 110 valence electrons. The number of hydrogen-bond donors (Lipinski definition) is 3. The summed E-state index contributed by atoms with van der Waals surface area (Å²) in [6, 6.07) is 1.26. The van der Waals surface area contributed by atoms with Crippen molar-refractivity contribution in [3.8, 4) is 11.5 Å². The predicted octanol–water partition coefficient (Wildman–Crippen LogP) is 1.95. The largest absolute Gasteiger partial charge is 0.495 e. The number of benzene rings is 1. The first-order valence-corrected chi connectivity index (χ1v) is 5.98. The van der Waals surface area contributed by atoms with Crippen molar-refractivity contribution in [2.45, 2.75) is 13.0 Å². The molecule has 0 radical (unpaired) electrons. The smallest absolute Gasteiger partial charge is 0.325 e. The molecule has 1 aromatic carbocycles. The second-order valence-corrected chi connectivity index (χ2v) is 4.25. The van der Waals surface area contributed by atoms with E-state index >= 15 is 0 Å². The van der Waals surface area contributed by atoms with Gasteiger partial charge in [0, 0.05) is 12.1 Å². The highest BCUT2D eigenvalue weighted by atomic mass is 35.5. The molecule has 1 unspecified atom stereocenters. The second-order valence-electron chi connectivity index (χ2n) is 3.85. The van der Waals surface area contributed by atoms with Crippen molar-refractivity contribution in [2.75, 3.05) is 19.5 Å². The van der Waals surface area contributed by atoms with Crippen LogP contribution in [-0.4, -0.2) is 37.4 Å². The zero-order chi connectivity index (χ0) is 15.3. The summed E-state index contributed by atoms with van der Waals surface area (Å²) < 4.78 is 10.1. The first kappa shape index (κ1) is 15.9. The summed E-state index contributed by atoms with van der Waals surface area (Å²) in [5.74, 6) is -0.455. The fourth-order valence-corrected chi connectivity index (χ4v) is 1.61. The third-order valence-corrected chi connectivity index (χ3v) is 2.74. The SMILES string of the molecule is COc1cc(NC(=O)NC(C)C(=O)O)c(OC)cc1Cl. The van der Waals surface area contributed by atoms with Crippen LogP contribution in [-0.2, 0) is 4.79 Å². The predicted molar refractivity (Wildman–Crippen MR) is 73.8 cm³/mol. The van der Waals surface area contributed by atoms with E-state index in [1.165, 1.54) is 33.3 Å². The van der Waals surface area contributed by atoms with Gasteiger partial charge in [0.15, 0.2) is 0 Å². The van der Waals surface area contributed by atoms with Crippen LogP contribution in [0.2, 0.25) is 5.02 Å². The summed E-state index contributed by atoms with van der Waals surface area (Å²) >= 11 is 5.93. The molecule has 20 heavy (non-hydrogen) atoms. The van der Waals surface area contributed by atoms with Crippen molar-refractivity contribution < 1.29 is 24.2 Å². The number of aliphatic carboxylic acids is 1. The highest BCUT2D eigenvalue weighted by Crippen LogP contribution is 2.35. The average molecular weight is 303 g/mol. The van der Waals surface area contributed by atoms with E-state index < -0.39 is 18.0 Å². The van der Waals surface area contributed by atoms with E-state index in [1.54, 1.807) is 0 Å². The summed E-state index contributed by atoms with van der Waals surface area (Å²) in [4.78, 5) is 22.3. The van der Waals surface area contributed by atoms with Crippen LogP contribution >= 0.6 is 11.6 Å². The van der Waals surface area contributed by atoms with Crippen molar-refractivity contribution in [3.63, 3.8) is 0 Å². The van der Waals surface area contributed by atoms with Crippen LogP contribution in [0, 0.1) is 0 Å². The number of carboxylic acids is 1. The van der Waals surface area contributed by atoms with Gasteiger partial charge in [0.2, 0.25) is 0 Å². The van der Waals surface area contributed by atoms with Gasteiger partial charge in [-0.15, -0.1) is 0 Å². The Labute approximate surface area is 120 Å². The molecule has 2 amide bonds. The molecule has 7 nitrogen and oxygen atoms in total. The normalized spacial score (nSPS) is 11.4. The van der Waals surface area contributed by atoms with E-state index in [0.717, 1.165) is 0 Å². The molecule has 1 aromatic rings. The van der Waals surface area contributed by atoms with Gasteiger partial charge in [-0.3, -0.25) is 4.79 Å². The number of amides is 2. The summed E-state index contributed by atoms with van der Waals surface area (Å²) in [6.07, 6.45) is 0. The number of carbonyl (C=O) groups is 2. The number of rotatable bonds is 5. The Balaban J connectivity index is 2.90. The molecule has 0 aromatic heterocycles. The Morgan fingerprint density at radius 3 is 2.35 bits per heavy atom. The molecular formula is C12H15ClN2O5. The number of ether oxygens (including phenoxy) is 2. The van der Waals surface area contributed by atoms with E-state index in [4.69, 9.17) is 26.2 Å². The monoisotopic (exact) mass is 302 g/mol. The zero-order valence-corrected chi connectivity index (χ0v) is 11.9. The van der Waals surface area contributed by atoms with Crippen LogP contribution in [0.4, 0.5) is 10.5 Å². The van der Waals surface area contributed by atoms with Crippen molar-refractivity contribution >= 4 is 29.3 Å². The van der Waals surface area contributed by atoms with Crippen molar-refractivity contribution in [1.82, 2.24) is 5.32 Å². The van der Waals surface area contributed by atoms with Crippen LogP contribution in [0.3, 0.4) is 0 Å². The molecule has 8 heteroatoms. The summed E-state index contributed by atoms with van der Waals surface area (Å²) in [5, 5.41) is 13.8. The second kappa shape index (κ2) is 6.85. The first-order valence-electron chi connectivity index (χ1n) is 5.60. The van der Waals surface area contributed by atoms with Gasteiger partial charge in [-0.05, 0) is 6.92 Å². The fourth-order valence-electron chi connectivity index (χ4n) is 1.37. The minimum atomic E-state index is -1.14. The maximum absolute atomic E-state index is 11.7. The van der Waals surface area contributed by atoms with Crippen LogP contribution in [0.1, 0.15) is 6.92 Å². The lowest BCUT2D eigenvalue weighted by Gasteiger charge is -2.15. The number of methoxy groups -OCH3 is 2. The van der Waals surface area contributed by atoms with Gasteiger partial charge >= 0.3 is 12.0 Å². The van der Waals surface area contributed by atoms with E-state index in [2.05, 4.69) is 10.6 Å². The molecule has 0 fully saturated rings. The number of hydrogen-bond acceptors (Lipinski definition) is 4. The Morgan fingerprint density at radius 2 is 1.85 bits per heavy atom. The van der Waals surface area contributed by atoms with Gasteiger partial charge < -0.3 is 25.2 Å². The average Bonchev–Trinajstić information content (AvgIpc) is 2.39. The third-order valence-electron chi connectivity index (χ3n) is 2.44. The minimum absolute atomic E-state index is 0.309. The zero-order valence-electron chi connectivity index (χ0n) is 11.2. The van der Waals surface area contributed by atoms with E-state index in [9.17, 15) is 9.59 Å². The lowest BCUT2D eigenvalue weighted by Crippen LogP contribution is -2.40. The summed E-state index contributed by atoms with van der Waals surface area (Å²) in [5.41, 5.74) is 0.309. The van der Waals surface area contributed by atoms with E-state index in [0.29, 0.717) is 22.2 Å². The maximum atomic E-state index is 11.7. The topological polar surface area (TPSA) is 96.9 Å². The van der Waals surface area contributed by atoms with Crippen LogP contribution in [0.25, 0.3) is 0 Å². The summed E-state index contributed by atoms with van der Waals surface area (Å²) in [7, 11) is 2.85. The van der Waals surface area contributed by atoms with E-state index in [1.807, 2.05) is 0 Å². The molecule has 0 spiro atoms. The number of halogens is 1. The molecule has 1 atom stereocenters. The molecule has 0 saturated heterocycles. The fraction of sp³-hybridized carbons (Fsp3) is 0.333. The summed E-state index contributed by atoms with van der Waals surface area (Å²) in [6.45, 7) is 1.35. The molecule has 0 heterocycles. The lowest BCUT2D eigenvalue weighted by molar-refractivity contribution is -0.138. The van der Waals surface area contributed by atoms with Gasteiger partial charge in [0.25, 0.3) is 0 Å². The van der Waals surface area contributed by atoms with Gasteiger partial charge in [-0.2, -0.15) is 0 Å². The third kappa shape index (κ3) is 3.92. The van der Waals surface area contributed by atoms with Crippen molar-refractivity contribution in [2.24, 2.45) is 0 Å². The van der Waals surface area contributed by atoms with Gasteiger partial charge in [0.05, 0.1) is 24.9 Å². The molecule has 1 rings (SSSR count). The van der Waals surface area contributed by atoms with Gasteiger partial charge in [-0.1, -0.05) is 11.6 Å². The molecule has 0 saturated carbocycles. The Morgan fingerprint density at radius 1 is 1.25 bits per heavy atom. The standard InChI is InChI=1S/C12H15ClN2O5/c1-6(11(16)17)14-12(18)15-8-5-9(19-2)7(13)4-10(8)20-3/h4-6H,1-3H3,(H,16,17)(H2,14,15,18). The number of urea groups is 1. The van der Waals surface area contributed by atoms with Crippen molar-refractivity contribution in [1.29, 1.82) is 0 Å². The number of nitrogens with one attached hydrogen (secondary N) is 2. The Bertz CT molecular complexity index is 521. The van der Waals surface area contributed by atoms with Crippen LogP contribution in [0.15, 0.2) is 12.1 Å². The molecule has 0 bridgehead atoms. The van der Waals surface area contributed by atoms with E-state index in [-0.39, 0.29) is 0 Å². The molecule has 0 aliphatic carbocycles. The van der Waals surface area contributed by atoms with Crippen molar-refractivity contribution in [3.05, 3.63) is 17.2 Å². The Kier molecular flexibility index (Phi) is 5.45. The molecule has 0 aliphatic heterocycles. The molecule has 0 aliphatic rings. The molecule has 3 N–H and O–H groups in total. The lowest BCUT2D eigenvalue weighted by atomic mass is 10.2. The quantitative estimate of drug-likeness (QED) is 0.772. The van der Waals surface area contributed by atoms with Gasteiger partial charge in [0.1, 0.15) is 17.5 Å². The highest BCUT2D eigenvalue weighted by Gasteiger charge is 2.16. The minimum Gasteiger partial charge on any atom is -0.495 e. The Hall–Kier alpha value is -2.15. The highest BCUT2D eigenvalue weighted by molar-refractivity contribution is 6.32. The van der Waals surface area contributed by atoms with Crippen LogP contribution in [0.5, 0.6) is 11.5 Å². The van der Waals surface area contributed by atoms with Crippen LogP contribution < -0.4 is 20.1 Å². The number of carboxylic acid groups (broad SMARTS) is 1. The number of anilines is 1. The van der Waals surface area contributed by atoms with Gasteiger partial charge in [-0.25, -0.2) is 4.79 Å². The number of carbonyl (C=O) groups excluding carboxylic acids is 1. The maximum Gasteiger partial charge on any atom is 0.325 e.